The summed E-state index contributed by atoms with van der Waals surface area (Å²) in [7, 11) is -3.49. The van der Waals surface area contributed by atoms with E-state index in [9.17, 15) is 8.42 Å². The molecule has 0 bridgehead atoms. The van der Waals surface area contributed by atoms with Crippen molar-refractivity contribution < 1.29 is 17.3 Å². The van der Waals surface area contributed by atoms with Crippen LogP contribution in [-0.4, -0.2) is 40.0 Å². The Morgan fingerprint density at radius 3 is 2.19 bits per heavy atom. The van der Waals surface area contributed by atoms with Gasteiger partial charge in [0.05, 0.1) is 31.6 Å². The summed E-state index contributed by atoms with van der Waals surface area (Å²) < 4.78 is 34.1. The molecule has 1 heterocycles. The van der Waals surface area contributed by atoms with Crippen LogP contribution in [0.15, 0.2) is 60.7 Å². The van der Waals surface area contributed by atoms with E-state index in [0.717, 1.165) is 23.9 Å². The number of hydrogen-bond acceptors (Lipinski definition) is 5. The predicted molar refractivity (Wildman–Crippen MR) is 101 cm³/mol. The van der Waals surface area contributed by atoms with Crippen molar-refractivity contribution in [1.82, 2.24) is 5.32 Å². The van der Waals surface area contributed by atoms with Crippen LogP contribution in [0.5, 0.6) is 0 Å². The molecule has 26 heavy (non-hydrogen) atoms. The molecule has 2 aromatic rings. The summed E-state index contributed by atoms with van der Waals surface area (Å²) in [5.41, 5.74) is 1.84. The van der Waals surface area contributed by atoms with Gasteiger partial charge in [-0.05, 0) is 17.5 Å². The molecule has 1 fully saturated rings. The third-order valence-electron chi connectivity index (χ3n) is 4.81. The van der Waals surface area contributed by atoms with Crippen molar-refractivity contribution >= 4 is 10.1 Å². The molecule has 0 aromatic heterocycles. The summed E-state index contributed by atoms with van der Waals surface area (Å²) >= 11 is 0. The molecule has 0 spiro atoms. The van der Waals surface area contributed by atoms with Crippen molar-refractivity contribution in [3.8, 4) is 0 Å². The first-order chi connectivity index (χ1) is 12.5. The van der Waals surface area contributed by atoms with Crippen molar-refractivity contribution in [3.63, 3.8) is 0 Å². The van der Waals surface area contributed by atoms with Crippen molar-refractivity contribution in [2.75, 3.05) is 26.0 Å². The molecule has 5 nitrogen and oxygen atoms in total. The molecule has 6 heteroatoms. The van der Waals surface area contributed by atoms with E-state index in [1.165, 1.54) is 0 Å². The van der Waals surface area contributed by atoms with E-state index in [-0.39, 0.29) is 12.5 Å². The predicted octanol–water partition coefficient (Wildman–Crippen LogP) is 2.38. The average Bonchev–Trinajstić information content (AvgIpc) is 2.62. The summed E-state index contributed by atoms with van der Waals surface area (Å²) in [5.74, 6) is 0.188. The van der Waals surface area contributed by atoms with Crippen LogP contribution in [0.25, 0.3) is 0 Å². The molecule has 2 atom stereocenters. The molecule has 0 amide bonds. The number of rotatable bonds is 9. The Hall–Kier alpha value is -1.73. The normalized spacial score (nSPS) is 22.7. The second kappa shape index (κ2) is 8.31. The lowest BCUT2D eigenvalue weighted by atomic mass is 9.73. The van der Waals surface area contributed by atoms with Crippen LogP contribution in [0.1, 0.15) is 11.1 Å². The Bertz CT molecular complexity index is 795. The Morgan fingerprint density at radius 1 is 1.04 bits per heavy atom. The van der Waals surface area contributed by atoms with Gasteiger partial charge < -0.3 is 10.1 Å². The molecule has 1 aliphatic rings. The van der Waals surface area contributed by atoms with Gasteiger partial charge in [0.25, 0.3) is 10.1 Å². The Kier molecular flexibility index (Phi) is 6.09. The third kappa shape index (κ3) is 5.14. The maximum absolute atomic E-state index is 11.5. The SMILES string of the molecule is CS(=O)(=O)OC[C@]1(Cc2ccccc2)NC[C@H]1COCc1ccccc1. The van der Waals surface area contributed by atoms with Gasteiger partial charge in [-0.25, -0.2) is 0 Å². The number of hydrogen-bond donors (Lipinski definition) is 1. The molecule has 2 aromatic carbocycles. The Morgan fingerprint density at radius 2 is 1.65 bits per heavy atom. The quantitative estimate of drug-likeness (QED) is 0.682. The average molecular weight is 375 g/mol. The third-order valence-corrected chi connectivity index (χ3v) is 5.35. The Balaban J connectivity index is 1.64. The smallest absolute Gasteiger partial charge is 0.264 e. The highest BCUT2D eigenvalue weighted by molar-refractivity contribution is 7.85. The molecule has 1 N–H and O–H groups in total. The van der Waals surface area contributed by atoms with Gasteiger partial charge in [0.2, 0.25) is 0 Å². The molecule has 0 saturated carbocycles. The first-order valence-electron chi connectivity index (χ1n) is 8.72. The van der Waals surface area contributed by atoms with Gasteiger partial charge in [-0.1, -0.05) is 60.7 Å². The second-order valence-corrected chi connectivity index (χ2v) is 8.51. The number of benzene rings is 2. The molecule has 0 aliphatic carbocycles. The highest BCUT2D eigenvalue weighted by atomic mass is 32.2. The zero-order chi connectivity index (χ0) is 18.5. The van der Waals surface area contributed by atoms with Crippen LogP contribution in [0.3, 0.4) is 0 Å². The minimum absolute atomic E-state index is 0.111. The fourth-order valence-corrected chi connectivity index (χ4v) is 3.67. The van der Waals surface area contributed by atoms with Gasteiger partial charge in [-0.3, -0.25) is 4.18 Å². The molecule has 3 rings (SSSR count). The minimum atomic E-state index is -3.49. The van der Waals surface area contributed by atoms with Crippen molar-refractivity contribution in [3.05, 3.63) is 71.8 Å². The first-order valence-corrected chi connectivity index (χ1v) is 10.5. The van der Waals surface area contributed by atoms with E-state index >= 15 is 0 Å². The van der Waals surface area contributed by atoms with Crippen LogP contribution in [-0.2, 0) is 32.1 Å². The summed E-state index contributed by atoms with van der Waals surface area (Å²) in [6.45, 7) is 2.00. The van der Waals surface area contributed by atoms with Crippen molar-refractivity contribution in [2.24, 2.45) is 5.92 Å². The fraction of sp³-hybridized carbons (Fsp3) is 0.400. The van der Waals surface area contributed by atoms with Gasteiger partial charge in [0.1, 0.15) is 0 Å². The van der Waals surface area contributed by atoms with E-state index in [1.54, 1.807) is 0 Å². The van der Waals surface area contributed by atoms with Gasteiger partial charge in [-0.2, -0.15) is 8.42 Å². The van der Waals surface area contributed by atoms with Gasteiger partial charge in [0.15, 0.2) is 0 Å². The lowest BCUT2D eigenvalue weighted by molar-refractivity contribution is -0.0230. The van der Waals surface area contributed by atoms with Crippen LogP contribution in [0.4, 0.5) is 0 Å². The lowest BCUT2D eigenvalue weighted by Gasteiger charge is -2.50. The van der Waals surface area contributed by atoms with Crippen LogP contribution in [0, 0.1) is 5.92 Å². The molecular formula is C20H25NO4S. The van der Waals surface area contributed by atoms with Gasteiger partial charge in [-0.15, -0.1) is 0 Å². The standard InChI is InChI=1S/C20H25NO4S/c1-26(22,23)25-16-20(12-17-8-4-2-5-9-17)19(13-21-20)15-24-14-18-10-6-3-7-11-18/h2-11,19,21H,12-16H2,1H3/t19-,20-/m0/s1. The second-order valence-electron chi connectivity index (χ2n) is 6.86. The van der Waals surface area contributed by atoms with E-state index in [1.807, 2.05) is 60.7 Å². The summed E-state index contributed by atoms with van der Waals surface area (Å²) in [4.78, 5) is 0. The summed E-state index contributed by atoms with van der Waals surface area (Å²) in [6.07, 6.45) is 1.78. The monoisotopic (exact) mass is 375 g/mol. The molecule has 1 saturated heterocycles. The van der Waals surface area contributed by atoms with E-state index in [4.69, 9.17) is 8.92 Å². The van der Waals surface area contributed by atoms with Crippen molar-refractivity contribution in [2.45, 2.75) is 18.6 Å². The minimum Gasteiger partial charge on any atom is -0.376 e. The highest BCUT2D eigenvalue weighted by Gasteiger charge is 2.47. The molecule has 1 aliphatic heterocycles. The topological polar surface area (TPSA) is 64.6 Å². The maximum Gasteiger partial charge on any atom is 0.264 e. The molecule has 0 radical (unpaired) electrons. The largest absolute Gasteiger partial charge is 0.376 e. The van der Waals surface area contributed by atoms with E-state index in [0.29, 0.717) is 19.6 Å². The maximum atomic E-state index is 11.5. The van der Waals surface area contributed by atoms with E-state index < -0.39 is 15.7 Å². The molecule has 140 valence electrons. The van der Waals surface area contributed by atoms with Crippen LogP contribution < -0.4 is 5.32 Å². The fourth-order valence-electron chi connectivity index (χ4n) is 3.25. The zero-order valence-electron chi connectivity index (χ0n) is 14.9. The molecular weight excluding hydrogens is 350 g/mol. The lowest BCUT2D eigenvalue weighted by Crippen LogP contribution is -2.70. The van der Waals surface area contributed by atoms with Crippen molar-refractivity contribution in [1.29, 1.82) is 0 Å². The highest BCUT2D eigenvalue weighted by Crippen LogP contribution is 2.32. The Labute approximate surface area is 155 Å². The van der Waals surface area contributed by atoms with Gasteiger partial charge >= 0.3 is 0 Å². The van der Waals surface area contributed by atoms with Crippen LogP contribution >= 0.6 is 0 Å². The summed E-state index contributed by atoms with van der Waals surface area (Å²) in [6, 6.07) is 20.1. The van der Waals surface area contributed by atoms with Crippen LogP contribution in [0.2, 0.25) is 0 Å². The van der Waals surface area contributed by atoms with E-state index in [2.05, 4.69) is 5.32 Å². The number of nitrogens with one attached hydrogen (secondary N) is 1. The summed E-state index contributed by atoms with van der Waals surface area (Å²) in [5, 5.41) is 3.41. The number of ether oxygens (including phenoxy) is 1. The molecule has 0 unspecified atom stereocenters. The van der Waals surface area contributed by atoms with Gasteiger partial charge in [0, 0.05) is 12.5 Å². The zero-order valence-corrected chi connectivity index (χ0v) is 15.7. The first kappa shape index (κ1) is 19.0.